The molecule has 0 aliphatic rings. The molecule has 0 aromatic heterocycles. The number of benzene rings is 1. The van der Waals surface area contributed by atoms with Crippen molar-refractivity contribution >= 4 is 26.1 Å². The Morgan fingerprint density at radius 1 is 1.00 bits per heavy atom. The molecule has 0 radical (unpaired) electrons. The highest BCUT2D eigenvalue weighted by Gasteiger charge is 2.10. The Bertz CT molecular complexity index is 569. The fourth-order valence-electron chi connectivity index (χ4n) is 2.65. The number of aliphatic hydroxyl groups is 1. The molecular weight excluding hydrogens is 428 g/mol. The topological polar surface area (TPSA) is 104 Å². The second kappa shape index (κ2) is 15.3. The highest BCUT2D eigenvalue weighted by molar-refractivity contribution is 8.89. The van der Waals surface area contributed by atoms with Gasteiger partial charge in [-0.05, 0) is 42.8 Å². The summed E-state index contributed by atoms with van der Waals surface area (Å²) in [5.74, 6) is 0.546. The zero-order chi connectivity index (χ0) is 22.4. The van der Waals surface area contributed by atoms with Gasteiger partial charge >= 0.3 is 0 Å². The average molecular weight is 467 g/mol. The Hall–Kier alpha value is -0.560. The van der Waals surface area contributed by atoms with Crippen molar-refractivity contribution in [1.29, 1.82) is 0 Å². The first-order valence-corrected chi connectivity index (χ1v) is 13.4. The van der Waals surface area contributed by atoms with E-state index in [4.69, 9.17) is 14.2 Å². The van der Waals surface area contributed by atoms with Gasteiger partial charge in [-0.3, -0.25) is 14.0 Å². The molecule has 176 valence electrons. The lowest BCUT2D eigenvalue weighted by Gasteiger charge is -2.24. The van der Waals surface area contributed by atoms with E-state index in [1.165, 1.54) is 6.26 Å². The van der Waals surface area contributed by atoms with Crippen molar-refractivity contribution in [3.8, 4) is 0 Å². The average Bonchev–Trinajstić information content (AvgIpc) is 2.65. The van der Waals surface area contributed by atoms with Gasteiger partial charge in [-0.1, -0.05) is 18.2 Å². The standard InChI is InChI=1S/C20H38N2O6S2/c1-17-6-5-7-18(2)20(17)21-19(23)16-22(3)8-9-26-10-11-27-12-13-28-14-15-29-30(4,24)25/h5-7,19,21,23-25H,8-16H2,1-4H3. The van der Waals surface area contributed by atoms with Crippen LogP contribution in [0.3, 0.4) is 0 Å². The van der Waals surface area contributed by atoms with Crippen LogP contribution in [-0.2, 0) is 14.2 Å². The molecule has 0 saturated carbocycles. The van der Waals surface area contributed by atoms with E-state index in [0.717, 1.165) is 27.6 Å². The van der Waals surface area contributed by atoms with Crippen LogP contribution >= 0.6 is 20.4 Å². The number of aryl methyl sites for hydroxylation is 2. The first kappa shape index (κ1) is 27.5. The number of rotatable bonds is 17. The molecule has 1 atom stereocenters. The number of nitrogens with zero attached hydrogens (tertiary/aromatic N) is 1. The lowest BCUT2D eigenvalue weighted by Crippen LogP contribution is -2.36. The molecule has 0 aliphatic carbocycles. The molecule has 30 heavy (non-hydrogen) atoms. The zero-order valence-corrected chi connectivity index (χ0v) is 20.1. The Labute approximate surface area is 186 Å². The third-order valence-corrected chi connectivity index (χ3v) is 6.79. The van der Waals surface area contributed by atoms with Crippen LogP contribution in [0.25, 0.3) is 0 Å². The molecule has 1 aromatic rings. The molecular formula is C20H38N2O6S2. The lowest BCUT2D eigenvalue weighted by atomic mass is 10.1. The number of ether oxygens (including phenoxy) is 3. The number of aliphatic hydroxyl groups excluding tert-OH is 1. The summed E-state index contributed by atoms with van der Waals surface area (Å²) in [6.07, 6.45) is 0.755. The highest BCUT2D eigenvalue weighted by atomic mass is 33.2. The van der Waals surface area contributed by atoms with Crippen molar-refractivity contribution in [1.82, 2.24) is 4.90 Å². The van der Waals surface area contributed by atoms with E-state index in [1.54, 1.807) is 0 Å². The van der Waals surface area contributed by atoms with Gasteiger partial charge in [0.15, 0.2) is 0 Å². The van der Waals surface area contributed by atoms with Crippen LogP contribution in [0.15, 0.2) is 18.2 Å². The normalized spacial score (nSPS) is 13.6. The first-order chi connectivity index (χ1) is 14.2. The van der Waals surface area contributed by atoms with Crippen LogP contribution in [0.4, 0.5) is 5.69 Å². The summed E-state index contributed by atoms with van der Waals surface area (Å²) >= 11 is 0. The highest BCUT2D eigenvalue weighted by Crippen LogP contribution is 2.48. The van der Waals surface area contributed by atoms with Crippen LogP contribution in [0.1, 0.15) is 11.1 Å². The number of hydrogen-bond acceptors (Lipinski definition) is 9. The molecule has 0 spiro atoms. The van der Waals surface area contributed by atoms with Gasteiger partial charge in [0.1, 0.15) is 6.23 Å². The second-order valence-electron chi connectivity index (χ2n) is 7.11. The molecule has 1 rings (SSSR count). The van der Waals surface area contributed by atoms with Crippen molar-refractivity contribution < 1.29 is 28.4 Å². The van der Waals surface area contributed by atoms with Crippen LogP contribution in [-0.4, -0.2) is 97.1 Å². The largest absolute Gasteiger partial charge is 0.378 e. The fourth-order valence-corrected chi connectivity index (χ4v) is 4.31. The maximum absolute atomic E-state index is 10.3. The Kier molecular flexibility index (Phi) is 14.0. The third kappa shape index (κ3) is 13.7. The van der Waals surface area contributed by atoms with E-state index in [9.17, 15) is 14.2 Å². The summed E-state index contributed by atoms with van der Waals surface area (Å²) < 4.78 is 34.8. The van der Waals surface area contributed by atoms with Crippen molar-refractivity contribution in [3.05, 3.63) is 29.3 Å². The van der Waals surface area contributed by atoms with Crippen LogP contribution in [0.2, 0.25) is 0 Å². The smallest absolute Gasteiger partial charge is 0.137 e. The minimum atomic E-state index is -2.50. The summed E-state index contributed by atoms with van der Waals surface area (Å²) in [6.45, 7) is 8.23. The van der Waals surface area contributed by atoms with E-state index in [1.807, 2.05) is 44.0 Å². The predicted molar refractivity (Wildman–Crippen MR) is 127 cm³/mol. The maximum atomic E-state index is 10.3. The lowest BCUT2D eigenvalue weighted by molar-refractivity contribution is 0.0127. The van der Waals surface area contributed by atoms with Crippen LogP contribution < -0.4 is 5.32 Å². The van der Waals surface area contributed by atoms with Crippen molar-refractivity contribution in [2.45, 2.75) is 20.1 Å². The number of para-hydroxylation sites is 1. The summed E-state index contributed by atoms with van der Waals surface area (Å²) in [5.41, 5.74) is 3.21. The van der Waals surface area contributed by atoms with Gasteiger partial charge in [0, 0.05) is 30.8 Å². The Morgan fingerprint density at radius 2 is 1.53 bits per heavy atom. The first-order valence-electron chi connectivity index (χ1n) is 9.99. The number of nitrogens with one attached hydrogen (secondary N) is 1. The molecule has 1 unspecified atom stereocenters. The second-order valence-corrected chi connectivity index (χ2v) is 11.9. The predicted octanol–water partition coefficient (Wildman–Crippen LogP) is 3.04. The van der Waals surface area contributed by atoms with E-state index in [-0.39, 0.29) is 0 Å². The van der Waals surface area contributed by atoms with Gasteiger partial charge < -0.3 is 24.6 Å². The Morgan fingerprint density at radius 3 is 2.10 bits per heavy atom. The number of likely N-dealkylation sites (N-methyl/N-ethyl adjacent to an activating group) is 1. The van der Waals surface area contributed by atoms with Gasteiger partial charge in [-0.2, -0.15) is 9.62 Å². The van der Waals surface area contributed by atoms with E-state index < -0.39 is 15.8 Å². The summed E-state index contributed by atoms with van der Waals surface area (Å²) in [6, 6.07) is 6.06. The molecule has 0 fully saturated rings. The third-order valence-electron chi connectivity index (χ3n) is 4.17. The number of anilines is 1. The quantitative estimate of drug-likeness (QED) is 0.157. The zero-order valence-electron chi connectivity index (χ0n) is 18.5. The molecule has 10 heteroatoms. The van der Waals surface area contributed by atoms with Gasteiger partial charge in [-0.25, -0.2) is 0 Å². The summed E-state index contributed by atoms with van der Waals surface area (Å²) in [7, 11) is 0.553. The monoisotopic (exact) mass is 466 g/mol. The SMILES string of the molecule is Cc1cccc(C)c1NC(O)CN(C)CCOCCOCCOCCSS(C)(O)O. The van der Waals surface area contributed by atoms with Crippen LogP contribution in [0.5, 0.6) is 0 Å². The van der Waals surface area contributed by atoms with E-state index in [0.29, 0.717) is 58.5 Å². The molecule has 0 aliphatic heterocycles. The summed E-state index contributed by atoms with van der Waals surface area (Å²) in [4.78, 5) is 2.02. The minimum Gasteiger partial charge on any atom is -0.378 e. The molecule has 0 heterocycles. The molecule has 0 bridgehead atoms. The maximum Gasteiger partial charge on any atom is 0.137 e. The van der Waals surface area contributed by atoms with Crippen molar-refractivity contribution in [3.63, 3.8) is 0 Å². The molecule has 1 aromatic carbocycles. The minimum absolute atomic E-state index is 0.463. The molecule has 0 amide bonds. The fraction of sp³-hybridized carbons (Fsp3) is 0.700. The van der Waals surface area contributed by atoms with Crippen LogP contribution in [0, 0.1) is 13.8 Å². The molecule has 4 N–H and O–H groups in total. The number of hydrogen-bond donors (Lipinski definition) is 4. The molecule has 8 nitrogen and oxygen atoms in total. The van der Waals surface area contributed by atoms with Crippen molar-refractivity contribution in [2.75, 3.05) is 77.1 Å². The van der Waals surface area contributed by atoms with Crippen molar-refractivity contribution in [2.24, 2.45) is 0 Å². The molecule has 0 saturated heterocycles. The Balaban J connectivity index is 1.97. The van der Waals surface area contributed by atoms with Gasteiger partial charge in [0.2, 0.25) is 0 Å². The van der Waals surface area contributed by atoms with Gasteiger partial charge in [0.25, 0.3) is 0 Å². The summed E-state index contributed by atoms with van der Waals surface area (Å²) in [5, 5.41) is 13.5. The van der Waals surface area contributed by atoms with E-state index >= 15 is 0 Å². The van der Waals surface area contributed by atoms with E-state index in [2.05, 4.69) is 5.32 Å². The van der Waals surface area contributed by atoms with Gasteiger partial charge in [-0.15, -0.1) is 0 Å². The van der Waals surface area contributed by atoms with Gasteiger partial charge in [0.05, 0.1) is 39.6 Å².